The molecule has 2 aromatic carbocycles. The fourth-order valence-corrected chi connectivity index (χ4v) is 2.42. The number of carbonyl (C=O) groups is 2. The van der Waals surface area contributed by atoms with Crippen LogP contribution in [-0.4, -0.2) is 49.5 Å². The predicted octanol–water partition coefficient (Wildman–Crippen LogP) is 0.807. The summed E-state index contributed by atoms with van der Waals surface area (Å²) < 4.78 is 16.0. The van der Waals surface area contributed by atoms with Crippen LogP contribution in [0.25, 0.3) is 0 Å². The summed E-state index contributed by atoms with van der Waals surface area (Å²) in [6.45, 7) is -0.206. The number of benzene rings is 2. The van der Waals surface area contributed by atoms with Crippen molar-refractivity contribution >= 4 is 18.0 Å². The molecule has 3 N–H and O–H groups in total. The fraction of sp³-hybridized carbons (Fsp3) is 0.211. The monoisotopic (exact) mass is 385 g/mol. The molecular formula is C19H19N3O6. The summed E-state index contributed by atoms with van der Waals surface area (Å²) in [6, 6.07) is 11.7. The van der Waals surface area contributed by atoms with Gasteiger partial charge in [0.15, 0.2) is 23.0 Å². The van der Waals surface area contributed by atoms with Crippen LogP contribution < -0.4 is 25.0 Å². The van der Waals surface area contributed by atoms with Crippen LogP contribution in [0.1, 0.15) is 5.56 Å². The fourth-order valence-electron chi connectivity index (χ4n) is 2.42. The number of nitrogens with zero attached hydrogens (tertiary/aromatic N) is 1. The number of methoxy groups -OCH3 is 1. The van der Waals surface area contributed by atoms with Gasteiger partial charge in [0.2, 0.25) is 6.10 Å². The van der Waals surface area contributed by atoms with Gasteiger partial charge in [-0.15, -0.1) is 0 Å². The van der Waals surface area contributed by atoms with Crippen LogP contribution >= 0.6 is 0 Å². The van der Waals surface area contributed by atoms with Gasteiger partial charge in [0, 0.05) is 0 Å². The average molecular weight is 385 g/mol. The highest BCUT2D eigenvalue weighted by Crippen LogP contribution is 2.30. The van der Waals surface area contributed by atoms with Gasteiger partial charge in [-0.1, -0.05) is 12.1 Å². The van der Waals surface area contributed by atoms with Crippen molar-refractivity contribution in [3.63, 3.8) is 0 Å². The number of para-hydroxylation sites is 2. The molecule has 0 spiro atoms. The number of aromatic hydroxyl groups is 1. The van der Waals surface area contributed by atoms with Crippen molar-refractivity contribution in [2.24, 2.45) is 5.10 Å². The lowest BCUT2D eigenvalue weighted by Gasteiger charge is -2.25. The van der Waals surface area contributed by atoms with Crippen LogP contribution in [0, 0.1) is 0 Å². The third-order valence-corrected chi connectivity index (χ3v) is 3.83. The van der Waals surface area contributed by atoms with Gasteiger partial charge in [-0.3, -0.25) is 9.59 Å². The number of hydrazone groups is 1. The zero-order chi connectivity index (χ0) is 19.9. The molecular weight excluding hydrogens is 366 g/mol. The lowest BCUT2D eigenvalue weighted by Crippen LogP contribution is -2.46. The molecule has 2 amide bonds. The average Bonchev–Trinajstić information content (AvgIpc) is 2.72. The van der Waals surface area contributed by atoms with Gasteiger partial charge in [-0.25, -0.2) is 5.43 Å². The number of hydrogen-bond donors (Lipinski definition) is 3. The maximum absolute atomic E-state index is 12.1. The molecule has 0 saturated carbocycles. The molecule has 1 aliphatic rings. The number of phenolic OH excluding ortho intramolecular Hbond substituents is 1. The van der Waals surface area contributed by atoms with Crippen LogP contribution in [0.5, 0.6) is 23.0 Å². The normalized spacial score (nSPS) is 15.1. The molecule has 0 saturated heterocycles. The van der Waals surface area contributed by atoms with E-state index < -0.39 is 17.9 Å². The molecule has 1 heterocycles. The molecule has 0 bridgehead atoms. The summed E-state index contributed by atoms with van der Waals surface area (Å²) >= 11 is 0. The van der Waals surface area contributed by atoms with E-state index in [2.05, 4.69) is 15.8 Å². The van der Waals surface area contributed by atoms with E-state index in [0.717, 1.165) is 0 Å². The number of phenols is 1. The number of rotatable bonds is 6. The lowest BCUT2D eigenvalue weighted by molar-refractivity contribution is -0.132. The molecule has 0 aliphatic carbocycles. The third-order valence-electron chi connectivity index (χ3n) is 3.83. The first-order chi connectivity index (χ1) is 13.6. The van der Waals surface area contributed by atoms with E-state index in [1.165, 1.54) is 19.4 Å². The summed E-state index contributed by atoms with van der Waals surface area (Å²) in [5.41, 5.74) is 2.91. The summed E-state index contributed by atoms with van der Waals surface area (Å²) in [6.07, 6.45) is 0.548. The van der Waals surface area contributed by atoms with Gasteiger partial charge in [0.25, 0.3) is 11.8 Å². The molecule has 2 aromatic rings. The molecule has 0 fully saturated rings. The van der Waals surface area contributed by atoms with Gasteiger partial charge in [-0.05, 0) is 35.9 Å². The number of ether oxygens (including phenoxy) is 3. The smallest absolute Gasteiger partial charge is 0.265 e. The summed E-state index contributed by atoms with van der Waals surface area (Å²) in [4.78, 5) is 24.0. The number of carbonyl (C=O) groups excluding carboxylic acids is 2. The second kappa shape index (κ2) is 8.76. The second-order valence-corrected chi connectivity index (χ2v) is 5.81. The Morgan fingerprint density at radius 1 is 1.29 bits per heavy atom. The van der Waals surface area contributed by atoms with Crippen LogP contribution in [-0.2, 0) is 9.59 Å². The van der Waals surface area contributed by atoms with Crippen molar-refractivity contribution in [2.45, 2.75) is 6.10 Å². The Kier molecular flexibility index (Phi) is 5.95. The van der Waals surface area contributed by atoms with E-state index in [9.17, 15) is 14.7 Å². The zero-order valence-electron chi connectivity index (χ0n) is 15.0. The molecule has 146 valence electrons. The van der Waals surface area contributed by atoms with Crippen molar-refractivity contribution in [3.05, 3.63) is 48.0 Å². The van der Waals surface area contributed by atoms with Crippen LogP contribution in [0.4, 0.5) is 0 Å². The van der Waals surface area contributed by atoms with Crippen molar-refractivity contribution in [2.75, 3.05) is 20.3 Å². The molecule has 0 aromatic heterocycles. The van der Waals surface area contributed by atoms with E-state index >= 15 is 0 Å². The van der Waals surface area contributed by atoms with Gasteiger partial charge in [0.1, 0.15) is 6.61 Å². The van der Waals surface area contributed by atoms with Crippen LogP contribution in [0.15, 0.2) is 47.6 Å². The topological polar surface area (TPSA) is 118 Å². The van der Waals surface area contributed by atoms with Crippen molar-refractivity contribution in [1.82, 2.24) is 10.7 Å². The molecule has 3 rings (SSSR count). The largest absolute Gasteiger partial charge is 0.504 e. The molecule has 9 heteroatoms. The van der Waals surface area contributed by atoms with Crippen molar-refractivity contribution in [3.8, 4) is 23.0 Å². The maximum Gasteiger partial charge on any atom is 0.265 e. The first-order valence-electron chi connectivity index (χ1n) is 8.42. The van der Waals surface area contributed by atoms with Gasteiger partial charge in [-0.2, -0.15) is 5.10 Å². The number of hydrogen-bond acceptors (Lipinski definition) is 7. The highest BCUT2D eigenvalue weighted by Gasteiger charge is 2.27. The Labute approximate surface area is 160 Å². The maximum atomic E-state index is 12.1. The number of nitrogens with one attached hydrogen (secondary N) is 2. The van der Waals surface area contributed by atoms with E-state index in [0.29, 0.717) is 22.8 Å². The Morgan fingerprint density at radius 2 is 2.07 bits per heavy atom. The molecule has 28 heavy (non-hydrogen) atoms. The third kappa shape index (κ3) is 4.70. The molecule has 0 radical (unpaired) electrons. The molecule has 1 aliphatic heterocycles. The van der Waals surface area contributed by atoms with Gasteiger partial charge >= 0.3 is 0 Å². The van der Waals surface area contributed by atoms with Gasteiger partial charge in [0.05, 0.1) is 19.9 Å². The first-order valence-corrected chi connectivity index (χ1v) is 8.42. The van der Waals surface area contributed by atoms with E-state index in [1.807, 2.05) is 6.07 Å². The molecule has 1 unspecified atom stereocenters. The standard InChI is InChI=1S/C19H19N3O6/c1-26-16-8-12(6-7-13(16)23)9-21-22-18(24)10-20-19(25)17-11-27-14-4-2-3-5-15(14)28-17/h2-9,17,23H,10-11H2,1H3,(H,20,25)(H,22,24)/b21-9-. The van der Waals surface area contributed by atoms with Crippen molar-refractivity contribution in [1.29, 1.82) is 0 Å². The number of amides is 2. The van der Waals surface area contributed by atoms with E-state index in [1.54, 1.807) is 30.3 Å². The lowest BCUT2D eigenvalue weighted by atomic mass is 10.2. The predicted molar refractivity (Wildman–Crippen MR) is 99.8 cm³/mol. The Hall–Kier alpha value is -3.75. The molecule has 1 atom stereocenters. The second-order valence-electron chi connectivity index (χ2n) is 5.81. The zero-order valence-corrected chi connectivity index (χ0v) is 15.0. The first kappa shape index (κ1) is 19.0. The molecule has 9 nitrogen and oxygen atoms in total. The Balaban J connectivity index is 1.45. The number of fused-ring (bicyclic) bond motifs is 1. The highest BCUT2D eigenvalue weighted by atomic mass is 16.6. The Morgan fingerprint density at radius 3 is 2.86 bits per heavy atom. The van der Waals surface area contributed by atoms with E-state index in [-0.39, 0.29) is 18.9 Å². The van der Waals surface area contributed by atoms with Crippen molar-refractivity contribution < 1.29 is 28.9 Å². The Bertz CT molecular complexity index is 899. The minimum absolute atomic E-state index is 0.00272. The van der Waals surface area contributed by atoms with E-state index in [4.69, 9.17) is 14.2 Å². The highest BCUT2D eigenvalue weighted by molar-refractivity contribution is 5.88. The summed E-state index contributed by atoms with van der Waals surface area (Å²) in [5, 5.41) is 15.8. The SMILES string of the molecule is COc1cc(/C=N\NC(=O)CNC(=O)C2COc3ccccc3O2)ccc1O. The quantitative estimate of drug-likeness (QED) is 0.500. The summed E-state index contributed by atoms with van der Waals surface area (Å²) in [7, 11) is 1.43. The van der Waals surface area contributed by atoms with Crippen LogP contribution in [0.3, 0.4) is 0 Å². The minimum atomic E-state index is -0.837. The van der Waals surface area contributed by atoms with Crippen LogP contribution in [0.2, 0.25) is 0 Å². The summed E-state index contributed by atoms with van der Waals surface area (Å²) in [5.74, 6) is 0.378. The minimum Gasteiger partial charge on any atom is -0.504 e. The van der Waals surface area contributed by atoms with Gasteiger partial charge < -0.3 is 24.6 Å².